The van der Waals surface area contributed by atoms with E-state index in [1.165, 1.54) is 4.90 Å². The van der Waals surface area contributed by atoms with Gasteiger partial charge in [-0.15, -0.1) is 0 Å². The van der Waals surface area contributed by atoms with Crippen molar-refractivity contribution in [3.05, 3.63) is 82.7 Å². The van der Waals surface area contributed by atoms with Crippen LogP contribution in [0.4, 0.5) is 26.3 Å². The summed E-state index contributed by atoms with van der Waals surface area (Å²) in [6.45, 7) is 0.545. The Morgan fingerprint density at radius 2 is 1.67 bits per heavy atom. The maximum absolute atomic E-state index is 13.5. The highest BCUT2D eigenvalue weighted by Crippen LogP contribution is 2.37. The lowest BCUT2D eigenvalue weighted by Gasteiger charge is -2.42. The van der Waals surface area contributed by atoms with Crippen molar-refractivity contribution in [3.63, 3.8) is 0 Å². The van der Waals surface area contributed by atoms with Crippen molar-refractivity contribution in [2.45, 2.75) is 30.9 Å². The van der Waals surface area contributed by atoms with Gasteiger partial charge >= 0.3 is 12.4 Å². The largest absolute Gasteiger partial charge is 0.416 e. The van der Waals surface area contributed by atoms with Gasteiger partial charge in [0.05, 0.1) is 29.8 Å². The number of fused-ring (bicyclic) bond motifs is 2. The number of rotatable bonds is 3. The fourth-order valence-electron chi connectivity index (χ4n) is 4.94. The Bertz CT molecular complexity index is 1310. The second-order valence-electron chi connectivity index (χ2n) is 9.08. The first-order chi connectivity index (χ1) is 16.9. The van der Waals surface area contributed by atoms with Crippen LogP contribution in [0.5, 0.6) is 0 Å². The lowest BCUT2D eigenvalue weighted by Crippen LogP contribution is -2.54. The molecule has 0 saturated carbocycles. The summed E-state index contributed by atoms with van der Waals surface area (Å²) in [7, 11) is 0. The average molecular weight is 509 g/mol. The standard InChI is InChI=1S/C25H21F6N3O2/c26-24(27,28)16-5-14(6-17(8-16)25(29,30)31)23(36)34-12-18-9-20(35)13-33(18)11-19(34)7-15-10-32-22-4-2-1-3-21(15)22/h1-6,8-10,19-20,32,35H,7,11-13H2/t19-,20-/m1/s1. The van der Waals surface area contributed by atoms with Gasteiger partial charge in [0.15, 0.2) is 0 Å². The number of H-pyrrole nitrogens is 1. The molecule has 1 amide bonds. The highest BCUT2D eigenvalue weighted by molar-refractivity contribution is 5.95. The number of aromatic amines is 1. The number of nitrogens with zero attached hydrogens (tertiary/aromatic N) is 2. The van der Waals surface area contributed by atoms with E-state index in [1.54, 1.807) is 12.3 Å². The van der Waals surface area contributed by atoms with E-state index in [1.807, 2.05) is 29.2 Å². The molecule has 2 aromatic carbocycles. The summed E-state index contributed by atoms with van der Waals surface area (Å²) in [5.74, 6) is -0.932. The van der Waals surface area contributed by atoms with Gasteiger partial charge in [-0.2, -0.15) is 26.3 Å². The summed E-state index contributed by atoms with van der Waals surface area (Å²) in [6.07, 6.45) is -7.23. The first kappa shape index (κ1) is 24.2. The van der Waals surface area contributed by atoms with Crippen molar-refractivity contribution in [2.24, 2.45) is 0 Å². The number of hydrogen-bond acceptors (Lipinski definition) is 3. The number of aliphatic hydroxyl groups is 1. The molecule has 0 radical (unpaired) electrons. The number of nitrogens with one attached hydrogen (secondary N) is 1. The number of carbonyl (C=O) groups excluding carboxylic acids is 1. The topological polar surface area (TPSA) is 59.6 Å². The quantitative estimate of drug-likeness (QED) is 0.498. The third-order valence-electron chi connectivity index (χ3n) is 6.63. The first-order valence-corrected chi connectivity index (χ1v) is 11.2. The van der Waals surface area contributed by atoms with Gasteiger partial charge < -0.3 is 19.9 Å². The lowest BCUT2D eigenvalue weighted by molar-refractivity contribution is -0.143. The Labute approximate surface area is 201 Å². The molecular weight excluding hydrogens is 488 g/mol. The van der Waals surface area contributed by atoms with Crippen LogP contribution in [0.2, 0.25) is 0 Å². The third kappa shape index (κ3) is 4.55. The van der Waals surface area contributed by atoms with Gasteiger partial charge in [-0.3, -0.25) is 4.79 Å². The molecule has 3 aromatic rings. The zero-order chi connectivity index (χ0) is 25.8. The van der Waals surface area contributed by atoms with Crippen LogP contribution in [-0.2, 0) is 18.8 Å². The number of para-hydroxylation sites is 1. The van der Waals surface area contributed by atoms with Gasteiger partial charge in [0, 0.05) is 41.4 Å². The van der Waals surface area contributed by atoms with Crippen molar-refractivity contribution >= 4 is 16.8 Å². The Kier molecular flexibility index (Phi) is 5.77. The number of aromatic nitrogens is 1. The van der Waals surface area contributed by atoms with E-state index in [2.05, 4.69) is 4.98 Å². The van der Waals surface area contributed by atoms with Crippen molar-refractivity contribution < 1.29 is 36.2 Å². The molecule has 0 unspecified atom stereocenters. The molecule has 2 atom stereocenters. The Morgan fingerprint density at radius 1 is 1.00 bits per heavy atom. The van der Waals surface area contributed by atoms with Crippen LogP contribution < -0.4 is 0 Å². The molecule has 2 aliphatic heterocycles. The lowest BCUT2D eigenvalue weighted by atomic mass is 9.98. The Balaban J connectivity index is 1.54. The van der Waals surface area contributed by atoms with E-state index < -0.39 is 47.1 Å². The van der Waals surface area contributed by atoms with Crippen LogP contribution in [-0.4, -0.2) is 57.6 Å². The zero-order valence-corrected chi connectivity index (χ0v) is 18.7. The smallest absolute Gasteiger partial charge is 0.387 e. The van der Waals surface area contributed by atoms with Crippen molar-refractivity contribution in [2.75, 3.05) is 19.6 Å². The van der Waals surface area contributed by atoms with E-state index in [0.717, 1.165) is 16.5 Å². The van der Waals surface area contributed by atoms with Gasteiger partial charge in [-0.1, -0.05) is 18.2 Å². The van der Waals surface area contributed by atoms with Crippen LogP contribution >= 0.6 is 0 Å². The van der Waals surface area contributed by atoms with Crippen LogP contribution in [0.15, 0.2) is 60.4 Å². The molecule has 3 heterocycles. The molecule has 1 saturated heterocycles. The Hall–Kier alpha value is -3.47. The third-order valence-corrected chi connectivity index (χ3v) is 6.63. The molecule has 11 heteroatoms. The van der Waals surface area contributed by atoms with Gasteiger partial charge in [-0.25, -0.2) is 0 Å². The van der Waals surface area contributed by atoms with Crippen LogP contribution in [0, 0.1) is 0 Å². The molecule has 2 N–H and O–H groups in total. The SMILES string of the molecule is O=C(c1cc(C(F)(F)F)cc(C(F)(F)F)c1)N1CC2=C[C@@H](O)CN2C[C@H]1Cc1c[nH]c2ccccc12. The molecule has 5 rings (SSSR count). The molecule has 5 nitrogen and oxygen atoms in total. The fraction of sp³-hybridized carbons (Fsp3) is 0.320. The molecule has 0 bridgehead atoms. The monoisotopic (exact) mass is 509 g/mol. The summed E-state index contributed by atoms with van der Waals surface area (Å²) >= 11 is 0. The molecular formula is C25H21F6N3O2. The number of aliphatic hydroxyl groups excluding tert-OH is 1. The number of piperazine rings is 1. The molecule has 0 spiro atoms. The number of hydrogen-bond donors (Lipinski definition) is 2. The highest BCUT2D eigenvalue weighted by atomic mass is 19.4. The van der Waals surface area contributed by atoms with E-state index in [-0.39, 0.29) is 19.2 Å². The minimum atomic E-state index is -5.06. The molecule has 36 heavy (non-hydrogen) atoms. The minimum absolute atomic E-state index is 0.00793. The predicted octanol–water partition coefficient (Wildman–Crippen LogP) is 4.83. The number of alkyl halides is 6. The van der Waals surface area contributed by atoms with E-state index in [9.17, 15) is 36.2 Å². The van der Waals surface area contributed by atoms with Gasteiger partial charge in [0.25, 0.3) is 5.91 Å². The van der Waals surface area contributed by atoms with Crippen LogP contribution in [0.25, 0.3) is 10.9 Å². The maximum Gasteiger partial charge on any atom is 0.416 e. The molecule has 2 aliphatic rings. The van der Waals surface area contributed by atoms with E-state index in [0.29, 0.717) is 30.8 Å². The first-order valence-electron chi connectivity index (χ1n) is 11.2. The van der Waals surface area contributed by atoms with Crippen molar-refractivity contribution in [3.8, 4) is 0 Å². The second-order valence-corrected chi connectivity index (χ2v) is 9.08. The van der Waals surface area contributed by atoms with Crippen LogP contribution in [0.1, 0.15) is 27.0 Å². The number of halogens is 6. The number of carbonyl (C=O) groups is 1. The summed E-state index contributed by atoms with van der Waals surface area (Å²) in [5.41, 5.74) is -1.43. The highest BCUT2D eigenvalue weighted by Gasteiger charge is 2.40. The van der Waals surface area contributed by atoms with E-state index in [4.69, 9.17) is 0 Å². The van der Waals surface area contributed by atoms with Gasteiger partial charge in [0.1, 0.15) is 0 Å². The summed E-state index contributed by atoms with van der Waals surface area (Å²) in [5, 5.41) is 11.0. The molecule has 1 fully saturated rings. The number of amides is 1. The zero-order valence-electron chi connectivity index (χ0n) is 18.7. The summed E-state index contributed by atoms with van der Waals surface area (Å²) in [6, 6.07) is 7.85. The molecule has 1 aromatic heterocycles. The van der Waals surface area contributed by atoms with Crippen molar-refractivity contribution in [1.29, 1.82) is 0 Å². The van der Waals surface area contributed by atoms with Gasteiger partial charge in [0.2, 0.25) is 0 Å². The Morgan fingerprint density at radius 3 is 2.33 bits per heavy atom. The average Bonchev–Trinajstić information content (AvgIpc) is 3.38. The van der Waals surface area contributed by atoms with Crippen LogP contribution in [0.3, 0.4) is 0 Å². The normalized spacial score (nSPS) is 20.6. The number of benzene rings is 2. The minimum Gasteiger partial charge on any atom is -0.387 e. The maximum atomic E-state index is 13.5. The van der Waals surface area contributed by atoms with E-state index >= 15 is 0 Å². The van der Waals surface area contributed by atoms with Gasteiger partial charge in [-0.05, 0) is 42.3 Å². The molecule has 190 valence electrons. The molecule has 0 aliphatic carbocycles. The summed E-state index contributed by atoms with van der Waals surface area (Å²) in [4.78, 5) is 19.8. The summed E-state index contributed by atoms with van der Waals surface area (Å²) < 4.78 is 80.4. The van der Waals surface area contributed by atoms with Crippen molar-refractivity contribution in [1.82, 2.24) is 14.8 Å². The fourth-order valence-corrected chi connectivity index (χ4v) is 4.94. The predicted molar refractivity (Wildman–Crippen MR) is 119 cm³/mol. The second kappa shape index (κ2) is 8.58.